The molecule has 0 unspecified atom stereocenters. The summed E-state index contributed by atoms with van der Waals surface area (Å²) < 4.78 is 37.7. The summed E-state index contributed by atoms with van der Waals surface area (Å²) >= 11 is 3.74. The van der Waals surface area contributed by atoms with E-state index in [2.05, 4.69) is 20.9 Å². The first-order valence-corrected chi connectivity index (χ1v) is 6.32. The van der Waals surface area contributed by atoms with Crippen molar-refractivity contribution in [1.29, 1.82) is 0 Å². The number of thiazole rings is 1. The van der Waals surface area contributed by atoms with Crippen molar-refractivity contribution in [1.82, 2.24) is 4.98 Å². The van der Waals surface area contributed by atoms with Gasteiger partial charge in [-0.05, 0) is 22.0 Å². The Morgan fingerprint density at radius 3 is 2.61 bits per heavy atom. The van der Waals surface area contributed by atoms with Gasteiger partial charge in [-0.1, -0.05) is 18.2 Å². The Morgan fingerprint density at radius 1 is 1.33 bits per heavy atom. The molecule has 2 nitrogen and oxygen atoms in total. The molecule has 1 heterocycles. The van der Waals surface area contributed by atoms with E-state index in [9.17, 15) is 18.0 Å². The summed E-state index contributed by atoms with van der Waals surface area (Å²) in [6.45, 7) is 0. The fourth-order valence-corrected chi connectivity index (χ4v) is 2.93. The number of benzene rings is 1. The van der Waals surface area contributed by atoms with Crippen LogP contribution >= 0.6 is 27.3 Å². The quantitative estimate of drug-likeness (QED) is 0.761. The Kier molecular flexibility index (Phi) is 3.54. The Labute approximate surface area is 113 Å². The largest absolute Gasteiger partial charge is 0.435 e. The van der Waals surface area contributed by atoms with E-state index in [-0.39, 0.29) is 8.79 Å². The second-order valence-electron chi connectivity index (χ2n) is 3.38. The number of rotatable bonds is 2. The molecule has 7 heteroatoms. The van der Waals surface area contributed by atoms with Gasteiger partial charge in [-0.3, -0.25) is 4.79 Å². The molecule has 94 valence electrons. The van der Waals surface area contributed by atoms with Crippen molar-refractivity contribution in [3.8, 4) is 10.6 Å². The van der Waals surface area contributed by atoms with Gasteiger partial charge in [0, 0.05) is 11.1 Å². The number of hydrogen-bond donors (Lipinski definition) is 0. The highest BCUT2D eigenvalue weighted by molar-refractivity contribution is 9.11. The smallest absolute Gasteiger partial charge is 0.298 e. The lowest BCUT2D eigenvalue weighted by atomic mass is 10.1. The molecule has 0 aliphatic rings. The molecule has 0 saturated heterocycles. The van der Waals surface area contributed by atoms with Gasteiger partial charge < -0.3 is 0 Å². The topological polar surface area (TPSA) is 30.0 Å². The zero-order valence-electron chi connectivity index (χ0n) is 8.66. The highest BCUT2D eigenvalue weighted by atomic mass is 79.9. The van der Waals surface area contributed by atoms with E-state index in [4.69, 9.17) is 0 Å². The molecular weight excluding hydrogens is 331 g/mol. The molecule has 0 aliphatic carbocycles. The molecule has 1 aromatic carbocycles. The highest BCUT2D eigenvalue weighted by Crippen LogP contribution is 2.40. The third-order valence-corrected chi connectivity index (χ3v) is 3.88. The van der Waals surface area contributed by atoms with Gasteiger partial charge in [0.1, 0.15) is 15.1 Å². The number of aldehydes is 1. The first-order valence-electron chi connectivity index (χ1n) is 4.71. The summed E-state index contributed by atoms with van der Waals surface area (Å²) in [7, 11) is 0. The lowest BCUT2D eigenvalue weighted by Crippen LogP contribution is -2.05. The lowest BCUT2D eigenvalue weighted by Gasteiger charge is -2.01. The number of carbonyl (C=O) groups excluding carboxylic acids is 1. The number of halogens is 4. The Hall–Kier alpha value is -1.21. The maximum atomic E-state index is 12.6. The zero-order chi connectivity index (χ0) is 13.3. The SMILES string of the molecule is O=Cc1cccc(-c2nc(C(F)(F)F)c(Br)s2)c1. The van der Waals surface area contributed by atoms with Gasteiger partial charge >= 0.3 is 6.18 Å². The van der Waals surface area contributed by atoms with Gasteiger partial charge in [-0.15, -0.1) is 11.3 Å². The molecule has 0 radical (unpaired) electrons. The van der Waals surface area contributed by atoms with Crippen LogP contribution in [0.5, 0.6) is 0 Å². The van der Waals surface area contributed by atoms with E-state index in [1.165, 1.54) is 6.07 Å². The first kappa shape index (κ1) is 13.2. The van der Waals surface area contributed by atoms with Gasteiger partial charge in [-0.25, -0.2) is 4.98 Å². The maximum Gasteiger partial charge on any atom is 0.435 e. The normalized spacial score (nSPS) is 11.6. The van der Waals surface area contributed by atoms with E-state index in [1.54, 1.807) is 18.2 Å². The monoisotopic (exact) mass is 335 g/mol. The van der Waals surface area contributed by atoms with Gasteiger partial charge in [0.15, 0.2) is 5.69 Å². The molecule has 1 aromatic heterocycles. The van der Waals surface area contributed by atoms with Crippen LogP contribution in [0, 0.1) is 0 Å². The summed E-state index contributed by atoms with van der Waals surface area (Å²) in [5.41, 5.74) is -0.0628. The highest BCUT2D eigenvalue weighted by Gasteiger charge is 2.37. The molecule has 0 N–H and O–H groups in total. The van der Waals surface area contributed by atoms with Crippen LogP contribution in [0.2, 0.25) is 0 Å². The zero-order valence-corrected chi connectivity index (χ0v) is 11.1. The van der Waals surface area contributed by atoms with Crippen LogP contribution < -0.4 is 0 Å². The van der Waals surface area contributed by atoms with Crippen LogP contribution in [0.1, 0.15) is 16.1 Å². The van der Waals surface area contributed by atoms with Crippen LogP contribution in [0.25, 0.3) is 10.6 Å². The predicted octanol–water partition coefficient (Wildman–Crippen LogP) is 4.40. The van der Waals surface area contributed by atoms with Gasteiger partial charge in [0.2, 0.25) is 0 Å². The summed E-state index contributed by atoms with van der Waals surface area (Å²) in [6.07, 6.45) is -3.85. The van der Waals surface area contributed by atoms with Crippen molar-refractivity contribution < 1.29 is 18.0 Å². The van der Waals surface area contributed by atoms with Crippen LogP contribution in [0.4, 0.5) is 13.2 Å². The minimum Gasteiger partial charge on any atom is -0.298 e. The molecule has 0 fully saturated rings. The van der Waals surface area contributed by atoms with Crippen LogP contribution in [0.15, 0.2) is 28.1 Å². The first-order chi connectivity index (χ1) is 8.41. The number of alkyl halides is 3. The van der Waals surface area contributed by atoms with Crippen molar-refractivity contribution in [2.75, 3.05) is 0 Å². The van der Waals surface area contributed by atoms with E-state index in [0.717, 1.165) is 11.3 Å². The predicted molar refractivity (Wildman–Crippen MR) is 65.6 cm³/mol. The number of carbonyl (C=O) groups is 1. The van der Waals surface area contributed by atoms with Crippen molar-refractivity contribution in [3.05, 3.63) is 39.3 Å². The molecule has 0 spiro atoms. The molecule has 0 aliphatic heterocycles. The number of nitrogens with zero attached hydrogens (tertiary/aromatic N) is 1. The average Bonchev–Trinajstić information content (AvgIpc) is 2.71. The van der Waals surface area contributed by atoms with Crippen molar-refractivity contribution in [2.24, 2.45) is 0 Å². The molecule has 0 bridgehead atoms. The molecule has 0 atom stereocenters. The Bertz CT molecular complexity index is 594. The van der Waals surface area contributed by atoms with E-state index < -0.39 is 11.9 Å². The Morgan fingerprint density at radius 2 is 2.06 bits per heavy atom. The van der Waals surface area contributed by atoms with E-state index in [1.807, 2.05) is 0 Å². The third-order valence-electron chi connectivity index (χ3n) is 2.12. The molecular formula is C11H5BrF3NOS. The molecule has 2 rings (SSSR count). The van der Waals surface area contributed by atoms with Gasteiger partial charge in [-0.2, -0.15) is 13.2 Å². The van der Waals surface area contributed by atoms with Crippen LogP contribution in [-0.2, 0) is 6.18 Å². The van der Waals surface area contributed by atoms with Crippen molar-refractivity contribution in [3.63, 3.8) is 0 Å². The van der Waals surface area contributed by atoms with Crippen LogP contribution in [-0.4, -0.2) is 11.3 Å². The summed E-state index contributed by atoms with van der Waals surface area (Å²) in [5, 5.41) is 0.220. The summed E-state index contributed by atoms with van der Waals surface area (Å²) in [6, 6.07) is 6.28. The molecule has 2 aromatic rings. The van der Waals surface area contributed by atoms with Gasteiger partial charge in [0.25, 0.3) is 0 Å². The van der Waals surface area contributed by atoms with Gasteiger partial charge in [0.05, 0.1) is 0 Å². The van der Waals surface area contributed by atoms with E-state index >= 15 is 0 Å². The second-order valence-corrected chi connectivity index (χ2v) is 5.70. The molecule has 0 saturated carbocycles. The lowest BCUT2D eigenvalue weighted by molar-refractivity contribution is -0.141. The molecule has 18 heavy (non-hydrogen) atoms. The average molecular weight is 336 g/mol. The minimum absolute atomic E-state index is 0.0680. The molecule has 0 amide bonds. The van der Waals surface area contributed by atoms with Crippen LogP contribution in [0.3, 0.4) is 0 Å². The standard InChI is InChI=1S/C11H5BrF3NOS/c12-9-8(11(13,14)15)16-10(18-9)7-3-1-2-6(4-7)5-17/h1-5H. The second kappa shape index (κ2) is 4.81. The maximum absolute atomic E-state index is 12.6. The minimum atomic E-state index is -4.49. The van der Waals surface area contributed by atoms with Crippen molar-refractivity contribution >= 4 is 33.6 Å². The Balaban J connectivity index is 2.49. The fraction of sp³-hybridized carbons (Fsp3) is 0.0909. The summed E-state index contributed by atoms with van der Waals surface area (Å²) in [4.78, 5) is 14.2. The number of hydrogen-bond acceptors (Lipinski definition) is 3. The summed E-state index contributed by atoms with van der Waals surface area (Å²) in [5.74, 6) is 0. The van der Waals surface area contributed by atoms with Crippen molar-refractivity contribution in [2.45, 2.75) is 6.18 Å². The third kappa shape index (κ3) is 2.62. The number of aromatic nitrogens is 1. The fourth-order valence-electron chi connectivity index (χ4n) is 1.34. The van der Waals surface area contributed by atoms with E-state index in [0.29, 0.717) is 17.4 Å².